The third-order valence-electron chi connectivity index (χ3n) is 3.31. The van der Waals surface area contributed by atoms with E-state index in [1.165, 1.54) is 18.2 Å². The average Bonchev–Trinajstić information content (AvgIpc) is 3.06. The van der Waals surface area contributed by atoms with E-state index in [1.54, 1.807) is 24.3 Å². The highest BCUT2D eigenvalue weighted by Gasteiger charge is 2.24. The van der Waals surface area contributed by atoms with E-state index >= 15 is 0 Å². The van der Waals surface area contributed by atoms with Crippen molar-refractivity contribution in [3.63, 3.8) is 0 Å². The van der Waals surface area contributed by atoms with Gasteiger partial charge >= 0.3 is 0 Å². The molecule has 3 rings (SSSR count). The van der Waals surface area contributed by atoms with Gasteiger partial charge in [-0.3, -0.25) is 10.1 Å². The van der Waals surface area contributed by atoms with Crippen molar-refractivity contribution < 1.29 is 18.0 Å². The zero-order valence-corrected chi connectivity index (χ0v) is 12.8. The molecule has 0 spiro atoms. The SMILES string of the molecule is CC(F)(F)c1ccc(-c2ccc(C=C3NC(=S)NC3=O)o2)cc1. The van der Waals surface area contributed by atoms with Crippen LogP contribution < -0.4 is 10.6 Å². The third kappa shape index (κ3) is 3.29. The molecule has 0 atom stereocenters. The van der Waals surface area contributed by atoms with Gasteiger partial charge in [0.2, 0.25) is 0 Å². The molecule has 0 aliphatic carbocycles. The number of carbonyl (C=O) groups excluding carboxylic acids is 1. The maximum atomic E-state index is 13.2. The first kappa shape index (κ1) is 15.4. The van der Waals surface area contributed by atoms with Gasteiger partial charge in [-0.25, -0.2) is 8.78 Å². The Morgan fingerprint density at radius 2 is 1.83 bits per heavy atom. The molecule has 0 radical (unpaired) electrons. The lowest BCUT2D eigenvalue weighted by atomic mass is 10.1. The Bertz CT molecular complexity index is 804. The normalized spacial score (nSPS) is 16.6. The summed E-state index contributed by atoms with van der Waals surface area (Å²) < 4.78 is 32.0. The lowest BCUT2D eigenvalue weighted by Crippen LogP contribution is -2.21. The van der Waals surface area contributed by atoms with E-state index in [0.717, 1.165) is 6.92 Å². The molecule has 1 aromatic carbocycles. The van der Waals surface area contributed by atoms with Gasteiger partial charge in [-0.1, -0.05) is 24.3 Å². The average molecular weight is 334 g/mol. The van der Waals surface area contributed by atoms with E-state index in [-0.39, 0.29) is 22.3 Å². The fraction of sp³-hybridized carbons (Fsp3) is 0.125. The molecule has 0 saturated carbocycles. The predicted octanol–water partition coefficient (Wildman–Crippen LogP) is 3.40. The second-order valence-corrected chi connectivity index (χ2v) is 5.54. The molecule has 1 fully saturated rings. The Labute approximate surface area is 136 Å². The summed E-state index contributed by atoms with van der Waals surface area (Å²) in [6.45, 7) is 0.850. The maximum Gasteiger partial charge on any atom is 0.274 e. The highest BCUT2D eigenvalue weighted by molar-refractivity contribution is 7.80. The van der Waals surface area contributed by atoms with Crippen molar-refractivity contribution in [1.29, 1.82) is 0 Å². The minimum atomic E-state index is -2.88. The first-order chi connectivity index (χ1) is 10.8. The van der Waals surface area contributed by atoms with E-state index in [1.807, 2.05) is 0 Å². The van der Waals surface area contributed by atoms with Gasteiger partial charge in [0.05, 0.1) is 0 Å². The lowest BCUT2D eigenvalue weighted by molar-refractivity contribution is -0.115. The van der Waals surface area contributed by atoms with E-state index in [2.05, 4.69) is 10.6 Å². The molecule has 0 unspecified atom stereocenters. The summed E-state index contributed by atoms with van der Waals surface area (Å²) in [5.74, 6) is -2.24. The van der Waals surface area contributed by atoms with Crippen LogP contribution in [0.25, 0.3) is 17.4 Å². The van der Waals surface area contributed by atoms with E-state index in [4.69, 9.17) is 16.6 Å². The predicted molar refractivity (Wildman–Crippen MR) is 85.6 cm³/mol. The highest BCUT2D eigenvalue weighted by atomic mass is 32.1. The van der Waals surface area contributed by atoms with Crippen LogP contribution in [0.4, 0.5) is 8.78 Å². The van der Waals surface area contributed by atoms with Crippen LogP contribution in [0.15, 0.2) is 46.5 Å². The largest absolute Gasteiger partial charge is 0.457 e. The third-order valence-corrected chi connectivity index (χ3v) is 3.51. The van der Waals surface area contributed by atoms with Crippen molar-refractivity contribution in [2.45, 2.75) is 12.8 Å². The molecule has 1 aliphatic rings. The molecule has 2 N–H and O–H groups in total. The number of benzene rings is 1. The second kappa shape index (κ2) is 5.58. The van der Waals surface area contributed by atoms with Gasteiger partial charge in [0.1, 0.15) is 17.2 Å². The Morgan fingerprint density at radius 1 is 1.13 bits per heavy atom. The number of halogens is 2. The molecule has 2 heterocycles. The number of furan rings is 1. The summed E-state index contributed by atoms with van der Waals surface area (Å²) in [7, 11) is 0. The Balaban J connectivity index is 1.84. The Morgan fingerprint density at radius 3 is 2.39 bits per heavy atom. The first-order valence-electron chi connectivity index (χ1n) is 6.75. The monoisotopic (exact) mass is 334 g/mol. The van der Waals surface area contributed by atoms with Crippen LogP contribution in [0.5, 0.6) is 0 Å². The van der Waals surface area contributed by atoms with Crippen LogP contribution in [-0.2, 0) is 10.7 Å². The molecule has 1 saturated heterocycles. The number of hydrogen-bond acceptors (Lipinski definition) is 3. The summed E-state index contributed by atoms with van der Waals surface area (Å²) >= 11 is 4.84. The number of thiocarbonyl (C=S) groups is 1. The molecule has 1 aromatic heterocycles. The number of amides is 1. The van der Waals surface area contributed by atoms with Gasteiger partial charge in [-0.15, -0.1) is 0 Å². The Hall–Kier alpha value is -2.54. The fourth-order valence-electron chi connectivity index (χ4n) is 2.14. The number of rotatable bonds is 3. The minimum absolute atomic E-state index is 0.0597. The molecule has 0 bridgehead atoms. The van der Waals surface area contributed by atoms with Crippen molar-refractivity contribution in [2.24, 2.45) is 0 Å². The molecule has 4 nitrogen and oxygen atoms in total. The van der Waals surface area contributed by atoms with Gasteiger partial charge in [-0.2, -0.15) is 0 Å². The smallest absolute Gasteiger partial charge is 0.274 e. The zero-order valence-electron chi connectivity index (χ0n) is 12.0. The van der Waals surface area contributed by atoms with Crippen molar-refractivity contribution in [3.8, 4) is 11.3 Å². The van der Waals surface area contributed by atoms with Gasteiger partial charge in [-0.05, 0) is 24.4 Å². The van der Waals surface area contributed by atoms with Gasteiger partial charge in [0.15, 0.2) is 5.11 Å². The second-order valence-electron chi connectivity index (χ2n) is 5.13. The zero-order chi connectivity index (χ0) is 16.6. The molecule has 118 valence electrons. The molecule has 23 heavy (non-hydrogen) atoms. The topological polar surface area (TPSA) is 54.3 Å². The number of hydrogen-bond donors (Lipinski definition) is 2. The summed E-state index contributed by atoms with van der Waals surface area (Å²) in [6, 6.07) is 9.24. The van der Waals surface area contributed by atoms with Crippen LogP contribution in [0.1, 0.15) is 18.2 Å². The minimum Gasteiger partial charge on any atom is -0.457 e. The summed E-state index contributed by atoms with van der Waals surface area (Å²) in [5, 5.41) is 5.40. The van der Waals surface area contributed by atoms with Crippen molar-refractivity contribution in [3.05, 3.63) is 53.4 Å². The quantitative estimate of drug-likeness (QED) is 0.667. The van der Waals surface area contributed by atoms with Crippen LogP contribution >= 0.6 is 12.2 Å². The Kier molecular flexibility index (Phi) is 3.73. The molecular formula is C16H12F2N2O2S. The summed E-state index contributed by atoms with van der Waals surface area (Å²) in [5.41, 5.74) is 0.898. The van der Waals surface area contributed by atoms with E-state index in [0.29, 0.717) is 17.1 Å². The fourth-order valence-corrected chi connectivity index (χ4v) is 2.34. The van der Waals surface area contributed by atoms with Crippen molar-refractivity contribution in [1.82, 2.24) is 10.6 Å². The molecule has 1 amide bonds. The van der Waals surface area contributed by atoms with Gasteiger partial charge in [0, 0.05) is 24.1 Å². The van der Waals surface area contributed by atoms with Crippen LogP contribution in [0.2, 0.25) is 0 Å². The van der Waals surface area contributed by atoms with Crippen LogP contribution in [0.3, 0.4) is 0 Å². The highest BCUT2D eigenvalue weighted by Crippen LogP contribution is 2.30. The van der Waals surface area contributed by atoms with Gasteiger partial charge < -0.3 is 9.73 Å². The molecule has 1 aliphatic heterocycles. The number of carbonyl (C=O) groups is 1. The van der Waals surface area contributed by atoms with E-state index in [9.17, 15) is 13.6 Å². The molecule has 7 heteroatoms. The van der Waals surface area contributed by atoms with Crippen molar-refractivity contribution in [2.75, 3.05) is 0 Å². The van der Waals surface area contributed by atoms with Gasteiger partial charge in [0.25, 0.3) is 11.8 Å². The van der Waals surface area contributed by atoms with Crippen LogP contribution in [0, 0.1) is 0 Å². The summed E-state index contributed by atoms with van der Waals surface area (Å²) in [6.07, 6.45) is 1.52. The van der Waals surface area contributed by atoms with E-state index < -0.39 is 5.92 Å². The lowest BCUT2D eigenvalue weighted by Gasteiger charge is -2.10. The molecule has 2 aromatic rings. The standard InChI is InChI=1S/C16H12F2N2O2S/c1-16(17,18)10-4-2-9(3-5-10)13-7-6-11(22-13)8-12-14(21)20-15(23)19-12/h2-8H,1H3,(H2,19,20,21,23). The van der Waals surface area contributed by atoms with Crippen LogP contribution in [-0.4, -0.2) is 11.0 Å². The van der Waals surface area contributed by atoms with Crippen molar-refractivity contribution >= 4 is 29.3 Å². The molecular weight excluding hydrogens is 322 g/mol. The summed E-state index contributed by atoms with van der Waals surface area (Å²) in [4.78, 5) is 11.6. The number of nitrogens with one attached hydrogen (secondary N) is 2. The maximum absolute atomic E-state index is 13.2. The number of alkyl halides is 2. The first-order valence-corrected chi connectivity index (χ1v) is 7.16.